The lowest BCUT2D eigenvalue weighted by Crippen LogP contribution is -2.12. The predicted molar refractivity (Wildman–Crippen MR) is 83.7 cm³/mol. The van der Waals surface area contributed by atoms with Gasteiger partial charge in [-0.15, -0.1) is 0 Å². The number of esters is 1. The van der Waals surface area contributed by atoms with Crippen molar-refractivity contribution in [3.63, 3.8) is 0 Å². The van der Waals surface area contributed by atoms with E-state index in [1.807, 2.05) is 61.0 Å². The molecule has 0 saturated carbocycles. The molecule has 110 valence electrons. The zero-order chi connectivity index (χ0) is 15.3. The van der Waals surface area contributed by atoms with Crippen LogP contribution in [-0.4, -0.2) is 15.5 Å². The van der Waals surface area contributed by atoms with Crippen LogP contribution in [0.3, 0.4) is 0 Å². The van der Waals surface area contributed by atoms with Crippen LogP contribution in [0.2, 0.25) is 0 Å². The minimum absolute atomic E-state index is 0.307. The molecule has 5 heteroatoms. The smallest absolute Gasteiger partial charge is 0.357 e. The average molecular weight is 293 g/mol. The molecule has 0 radical (unpaired) electrons. The van der Waals surface area contributed by atoms with Crippen LogP contribution in [0.5, 0.6) is 0 Å². The van der Waals surface area contributed by atoms with Crippen molar-refractivity contribution < 1.29 is 9.53 Å². The van der Waals surface area contributed by atoms with Crippen LogP contribution in [0.4, 0.5) is 5.82 Å². The van der Waals surface area contributed by atoms with E-state index >= 15 is 0 Å². The van der Waals surface area contributed by atoms with Crippen molar-refractivity contribution in [2.24, 2.45) is 7.05 Å². The number of aromatic nitrogens is 2. The third-order valence-electron chi connectivity index (χ3n) is 3.99. The van der Waals surface area contributed by atoms with E-state index in [4.69, 9.17) is 4.74 Å². The van der Waals surface area contributed by atoms with Crippen molar-refractivity contribution in [1.82, 2.24) is 9.55 Å². The van der Waals surface area contributed by atoms with Crippen LogP contribution in [0, 0.1) is 6.92 Å². The fourth-order valence-corrected chi connectivity index (χ4v) is 3.02. The molecule has 0 aliphatic carbocycles. The molecule has 3 aromatic rings. The van der Waals surface area contributed by atoms with Crippen LogP contribution in [-0.2, 0) is 11.8 Å². The first-order valence-corrected chi connectivity index (χ1v) is 7.13. The van der Waals surface area contributed by atoms with Gasteiger partial charge in [-0.25, -0.2) is 9.78 Å². The molecule has 0 spiro atoms. The maximum Gasteiger partial charge on any atom is 0.357 e. The summed E-state index contributed by atoms with van der Waals surface area (Å²) in [6, 6.07) is 13.7. The van der Waals surface area contributed by atoms with Gasteiger partial charge in [0.15, 0.2) is 0 Å². The van der Waals surface area contributed by atoms with Crippen LogP contribution in [0.15, 0.2) is 42.5 Å². The van der Waals surface area contributed by atoms with Gasteiger partial charge in [0.2, 0.25) is 6.23 Å². The highest BCUT2D eigenvalue weighted by atomic mass is 16.6. The first kappa shape index (κ1) is 12.9. The highest BCUT2D eigenvalue weighted by Crippen LogP contribution is 2.38. The summed E-state index contributed by atoms with van der Waals surface area (Å²) in [4.78, 5) is 16.6. The molecule has 1 unspecified atom stereocenters. The van der Waals surface area contributed by atoms with Gasteiger partial charge in [-0.05, 0) is 25.1 Å². The molecular weight excluding hydrogens is 278 g/mol. The van der Waals surface area contributed by atoms with Gasteiger partial charge in [0.1, 0.15) is 11.5 Å². The molecule has 1 aromatic carbocycles. The third kappa shape index (κ3) is 1.79. The number of aryl methyl sites for hydroxylation is 2. The Kier molecular flexibility index (Phi) is 2.69. The lowest BCUT2D eigenvalue weighted by Gasteiger charge is -2.14. The van der Waals surface area contributed by atoms with Gasteiger partial charge >= 0.3 is 5.97 Å². The van der Waals surface area contributed by atoms with Crippen molar-refractivity contribution in [2.45, 2.75) is 13.2 Å². The Labute approximate surface area is 127 Å². The summed E-state index contributed by atoms with van der Waals surface area (Å²) >= 11 is 0. The van der Waals surface area contributed by atoms with E-state index in [0.29, 0.717) is 11.5 Å². The maximum atomic E-state index is 12.2. The largest absolute Gasteiger partial charge is 0.433 e. The van der Waals surface area contributed by atoms with Gasteiger partial charge in [0.05, 0.1) is 5.56 Å². The Bertz CT molecular complexity index is 898. The van der Waals surface area contributed by atoms with Crippen LogP contribution < -0.4 is 5.32 Å². The molecule has 3 heterocycles. The van der Waals surface area contributed by atoms with Gasteiger partial charge in [-0.1, -0.05) is 24.3 Å². The Hall–Kier alpha value is -2.82. The fraction of sp³-hybridized carbons (Fsp3) is 0.176. The second kappa shape index (κ2) is 4.59. The molecule has 22 heavy (non-hydrogen) atoms. The number of hydrogen-bond acceptors (Lipinski definition) is 4. The van der Waals surface area contributed by atoms with E-state index in [0.717, 1.165) is 22.2 Å². The summed E-state index contributed by atoms with van der Waals surface area (Å²) in [5, 5.41) is 4.23. The second-order valence-corrected chi connectivity index (χ2v) is 5.43. The Morgan fingerprint density at radius 1 is 1.18 bits per heavy atom. The average Bonchev–Trinajstić information content (AvgIpc) is 2.98. The number of carbonyl (C=O) groups excluding carboxylic acids is 1. The summed E-state index contributed by atoms with van der Waals surface area (Å²) in [5.74, 6) is 0.387. The summed E-state index contributed by atoms with van der Waals surface area (Å²) in [7, 11) is 1.88. The lowest BCUT2D eigenvalue weighted by atomic mass is 10.1. The summed E-state index contributed by atoms with van der Waals surface area (Å²) in [6.45, 7) is 1.93. The molecule has 5 nitrogen and oxygen atoms in total. The number of rotatable bonds is 2. The number of carbonyl (C=O) groups is 1. The SMILES string of the molecule is Cc1cccc(NC2OC(=O)c3c2c2ccccc2n3C)n1. The highest BCUT2D eigenvalue weighted by Gasteiger charge is 2.36. The van der Waals surface area contributed by atoms with Crippen molar-refractivity contribution in [2.75, 3.05) is 5.32 Å². The van der Waals surface area contributed by atoms with Crippen LogP contribution in [0.25, 0.3) is 10.9 Å². The summed E-state index contributed by atoms with van der Waals surface area (Å²) < 4.78 is 7.38. The van der Waals surface area contributed by atoms with Gasteiger partial charge in [0.25, 0.3) is 0 Å². The number of para-hydroxylation sites is 1. The molecule has 0 amide bonds. The Balaban J connectivity index is 1.83. The zero-order valence-electron chi connectivity index (χ0n) is 12.3. The topological polar surface area (TPSA) is 56.1 Å². The van der Waals surface area contributed by atoms with E-state index in [9.17, 15) is 4.79 Å². The number of ether oxygens (including phenoxy) is 1. The van der Waals surface area contributed by atoms with Crippen molar-refractivity contribution in [3.8, 4) is 0 Å². The monoisotopic (exact) mass is 293 g/mol. The summed E-state index contributed by atoms with van der Waals surface area (Å²) in [6.07, 6.45) is -0.511. The number of benzene rings is 1. The Morgan fingerprint density at radius 3 is 2.82 bits per heavy atom. The fourth-order valence-electron chi connectivity index (χ4n) is 3.02. The van der Waals surface area contributed by atoms with E-state index in [2.05, 4.69) is 10.3 Å². The van der Waals surface area contributed by atoms with E-state index < -0.39 is 6.23 Å². The zero-order valence-corrected chi connectivity index (χ0v) is 12.3. The summed E-state index contributed by atoms with van der Waals surface area (Å²) in [5.41, 5.74) is 3.42. The van der Waals surface area contributed by atoms with Crippen molar-refractivity contribution >= 4 is 22.7 Å². The van der Waals surface area contributed by atoms with Gasteiger partial charge in [0, 0.05) is 23.6 Å². The van der Waals surface area contributed by atoms with E-state index in [1.54, 1.807) is 0 Å². The predicted octanol–water partition coefficient (Wildman–Crippen LogP) is 3.16. The molecule has 0 bridgehead atoms. The number of hydrogen-bond donors (Lipinski definition) is 1. The third-order valence-corrected chi connectivity index (χ3v) is 3.99. The molecule has 0 saturated heterocycles. The lowest BCUT2D eigenvalue weighted by molar-refractivity contribution is 0.0430. The minimum Gasteiger partial charge on any atom is -0.433 e. The standard InChI is InChI=1S/C17H15N3O2/c1-10-6-5-9-13(18-10)19-16-14-11-7-3-4-8-12(11)20(2)15(14)17(21)22-16/h3-9,16H,1-2H3,(H,18,19). The highest BCUT2D eigenvalue weighted by molar-refractivity contribution is 6.02. The number of anilines is 1. The number of cyclic esters (lactones) is 1. The molecule has 1 atom stereocenters. The molecule has 1 N–H and O–H groups in total. The normalized spacial score (nSPS) is 16.6. The number of nitrogens with zero attached hydrogens (tertiary/aromatic N) is 2. The van der Waals surface area contributed by atoms with E-state index in [-0.39, 0.29) is 5.97 Å². The maximum absolute atomic E-state index is 12.2. The number of fused-ring (bicyclic) bond motifs is 3. The molecule has 1 aliphatic rings. The van der Waals surface area contributed by atoms with Gasteiger partial charge in [-0.3, -0.25) is 0 Å². The molecule has 0 fully saturated rings. The molecule has 2 aromatic heterocycles. The van der Waals surface area contributed by atoms with Crippen LogP contribution in [0.1, 0.15) is 28.0 Å². The number of nitrogens with one attached hydrogen (secondary N) is 1. The van der Waals surface area contributed by atoms with E-state index in [1.165, 1.54) is 0 Å². The molecule has 4 rings (SSSR count). The second-order valence-electron chi connectivity index (χ2n) is 5.43. The first-order valence-electron chi connectivity index (χ1n) is 7.13. The molecular formula is C17H15N3O2. The van der Waals surface area contributed by atoms with Gasteiger partial charge in [-0.2, -0.15) is 0 Å². The van der Waals surface area contributed by atoms with Crippen molar-refractivity contribution in [3.05, 3.63) is 59.4 Å². The quantitative estimate of drug-likeness (QED) is 0.737. The molecule has 1 aliphatic heterocycles. The number of pyridine rings is 1. The minimum atomic E-state index is -0.511. The first-order chi connectivity index (χ1) is 10.6. The van der Waals surface area contributed by atoms with Crippen LogP contribution >= 0.6 is 0 Å². The van der Waals surface area contributed by atoms with Crippen molar-refractivity contribution in [1.29, 1.82) is 0 Å². The van der Waals surface area contributed by atoms with Gasteiger partial charge < -0.3 is 14.6 Å². The Morgan fingerprint density at radius 2 is 2.00 bits per heavy atom.